The quantitative estimate of drug-likeness (QED) is 0.0115. The van der Waals surface area contributed by atoms with E-state index in [4.69, 9.17) is 23.3 Å². The molecule has 1 saturated heterocycles. The SMILES string of the molecule is CCCCC/C=C\C/C=C\C/C=C\C/C=C\CCCC(=O)OC[C@H](COP(=O)(O)OC1[C@H](O)[C@H](O)C(O)[C@H](O)[C@H]1O)OC(=O)CCCC1OC1C/C=C\C/C=C\C/C=C\CCCCC. The lowest BCUT2D eigenvalue weighted by molar-refractivity contribution is -0.220. The van der Waals surface area contributed by atoms with Gasteiger partial charge in [-0.1, -0.05) is 125 Å². The molecule has 0 radical (unpaired) electrons. The van der Waals surface area contributed by atoms with E-state index in [0.717, 1.165) is 51.4 Å². The second-order valence-corrected chi connectivity index (χ2v) is 17.7. The number of ether oxygens (including phenoxy) is 3. The molecule has 2 fully saturated rings. The van der Waals surface area contributed by atoms with Gasteiger partial charge in [-0.15, -0.1) is 0 Å². The molecule has 0 aromatic rings. The minimum absolute atomic E-state index is 0.00830. The molecule has 0 amide bonds. The van der Waals surface area contributed by atoms with Crippen LogP contribution in [0.4, 0.5) is 0 Å². The maximum absolute atomic E-state index is 12.8. The Bertz CT molecular complexity index is 1510. The maximum Gasteiger partial charge on any atom is 0.472 e. The number of unbranched alkanes of at least 4 members (excludes halogenated alkanes) is 7. The molecule has 1 aliphatic heterocycles. The molecule has 1 heterocycles. The van der Waals surface area contributed by atoms with Crippen molar-refractivity contribution in [2.24, 2.45) is 0 Å². The molecule has 364 valence electrons. The largest absolute Gasteiger partial charge is 0.472 e. The molecule has 6 N–H and O–H groups in total. The van der Waals surface area contributed by atoms with Crippen molar-refractivity contribution in [3.05, 3.63) is 85.1 Å². The lowest BCUT2D eigenvalue weighted by atomic mass is 9.85. The van der Waals surface area contributed by atoms with Crippen LogP contribution in [0.3, 0.4) is 0 Å². The van der Waals surface area contributed by atoms with Crippen LogP contribution in [0.1, 0.15) is 142 Å². The summed E-state index contributed by atoms with van der Waals surface area (Å²) in [7, 11) is -5.16. The highest BCUT2D eigenvalue weighted by Crippen LogP contribution is 2.47. The van der Waals surface area contributed by atoms with Crippen molar-refractivity contribution in [2.45, 2.75) is 197 Å². The molecule has 2 rings (SSSR count). The van der Waals surface area contributed by atoms with Gasteiger partial charge >= 0.3 is 19.8 Å². The third kappa shape index (κ3) is 26.8. The van der Waals surface area contributed by atoms with Crippen molar-refractivity contribution in [2.75, 3.05) is 13.2 Å². The van der Waals surface area contributed by atoms with Gasteiger partial charge in [0.15, 0.2) is 6.10 Å². The van der Waals surface area contributed by atoms with Gasteiger partial charge in [-0.3, -0.25) is 18.6 Å². The first-order valence-corrected chi connectivity index (χ1v) is 25.0. The maximum atomic E-state index is 12.8. The van der Waals surface area contributed by atoms with E-state index in [1.807, 2.05) is 12.2 Å². The topological polar surface area (TPSA) is 222 Å². The summed E-state index contributed by atoms with van der Waals surface area (Å²) in [5, 5.41) is 50.2. The van der Waals surface area contributed by atoms with Gasteiger partial charge in [-0.05, 0) is 89.9 Å². The third-order valence-corrected chi connectivity index (χ3v) is 11.6. The summed E-state index contributed by atoms with van der Waals surface area (Å²) in [6.07, 6.45) is 33.7. The summed E-state index contributed by atoms with van der Waals surface area (Å²) in [5.74, 6) is -1.25. The Labute approximate surface area is 382 Å². The average Bonchev–Trinajstić information content (AvgIpc) is 4.03. The third-order valence-electron chi connectivity index (χ3n) is 10.6. The summed E-state index contributed by atoms with van der Waals surface area (Å²) in [5.41, 5.74) is 0. The van der Waals surface area contributed by atoms with Gasteiger partial charge in [0, 0.05) is 12.8 Å². The summed E-state index contributed by atoms with van der Waals surface area (Å²) < 4.78 is 39.2. The predicted molar refractivity (Wildman–Crippen MR) is 248 cm³/mol. The van der Waals surface area contributed by atoms with Gasteiger partial charge in [0.1, 0.15) is 43.2 Å². The van der Waals surface area contributed by atoms with Crippen molar-refractivity contribution in [1.82, 2.24) is 0 Å². The number of carbonyl (C=O) groups excluding carboxylic acids is 2. The molecule has 0 aromatic heterocycles. The lowest BCUT2D eigenvalue weighted by Crippen LogP contribution is -2.64. The Morgan fingerprint density at radius 2 is 1.02 bits per heavy atom. The Morgan fingerprint density at radius 3 is 1.53 bits per heavy atom. The summed E-state index contributed by atoms with van der Waals surface area (Å²) in [6.45, 7) is 3.12. The second-order valence-electron chi connectivity index (χ2n) is 16.3. The Balaban J connectivity index is 1.77. The molecular weight excluding hydrogens is 843 g/mol. The lowest BCUT2D eigenvalue weighted by Gasteiger charge is -2.41. The van der Waals surface area contributed by atoms with Crippen molar-refractivity contribution in [3.8, 4) is 0 Å². The molecule has 5 unspecified atom stereocenters. The number of epoxide rings is 1. The molecule has 15 heteroatoms. The molecule has 0 bridgehead atoms. The fourth-order valence-electron chi connectivity index (χ4n) is 6.72. The normalized spacial score (nSPS) is 25.5. The first-order valence-electron chi connectivity index (χ1n) is 23.5. The van der Waals surface area contributed by atoms with Gasteiger partial charge in [0.25, 0.3) is 0 Å². The van der Waals surface area contributed by atoms with E-state index in [1.54, 1.807) is 0 Å². The Morgan fingerprint density at radius 1 is 0.562 bits per heavy atom. The highest BCUT2D eigenvalue weighted by molar-refractivity contribution is 7.47. The van der Waals surface area contributed by atoms with Crippen molar-refractivity contribution in [1.29, 1.82) is 0 Å². The molecular formula is C49H79O14P. The number of hydrogen-bond acceptors (Lipinski definition) is 13. The number of phosphoric ester groups is 1. The van der Waals surface area contributed by atoms with Crippen LogP contribution >= 0.6 is 7.82 Å². The van der Waals surface area contributed by atoms with Crippen LogP contribution in [-0.2, 0) is 37.4 Å². The summed E-state index contributed by atoms with van der Waals surface area (Å²) in [6, 6.07) is 0. The number of hydrogen-bond donors (Lipinski definition) is 6. The monoisotopic (exact) mass is 923 g/mol. The molecule has 1 saturated carbocycles. The van der Waals surface area contributed by atoms with Crippen LogP contribution in [-0.4, -0.2) is 111 Å². The molecule has 1 aliphatic carbocycles. The van der Waals surface area contributed by atoms with E-state index in [-0.39, 0.29) is 25.0 Å². The molecule has 10 atom stereocenters. The van der Waals surface area contributed by atoms with Crippen LogP contribution in [0.15, 0.2) is 85.1 Å². The predicted octanol–water partition coefficient (Wildman–Crippen LogP) is 8.26. The fraction of sp³-hybridized carbons (Fsp3) is 0.673. The summed E-state index contributed by atoms with van der Waals surface area (Å²) in [4.78, 5) is 35.8. The number of esters is 2. The number of carbonyl (C=O) groups is 2. The van der Waals surface area contributed by atoms with E-state index < -0.39 is 75.7 Å². The minimum Gasteiger partial charge on any atom is -0.462 e. The smallest absolute Gasteiger partial charge is 0.462 e. The van der Waals surface area contributed by atoms with Crippen molar-refractivity contribution >= 4 is 19.8 Å². The number of phosphoric acid groups is 1. The van der Waals surface area contributed by atoms with Crippen LogP contribution < -0.4 is 0 Å². The fourth-order valence-corrected chi connectivity index (χ4v) is 7.69. The highest BCUT2D eigenvalue weighted by Gasteiger charge is 2.51. The molecule has 64 heavy (non-hydrogen) atoms. The van der Waals surface area contributed by atoms with E-state index in [1.165, 1.54) is 38.5 Å². The molecule has 14 nitrogen and oxygen atoms in total. The van der Waals surface area contributed by atoms with Crippen LogP contribution in [0.25, 0.3) is 0 Å². The minimum atomic E-state index is -5.16. The zero-order valence-electron chi connectivity index (χ0n) is 38.2. The van der Waals surface area contributed by atoms with Gasteiger partial charge < -0.3 is 44.6 Å². The molecule has 0 spiro atoms. The van der Waals surface area contributed by atoms with Crippen LogP contribution in [0.2, 0.25) is 0 Å². The average molecular weight is 923 g/mol. The van der Waals surface area contributed by atoms with E-state index in [2.05, 4.69) is 86.8 Å². The van der Waals surface area contributed by atoms with Gasteiger partial charge in [0.2, 0.25) is 0 Å². The zero-order valence-corrected chi connectivity index (χ0v) is 39.1. The van der Waals surface area contributed by atoms with Crippen LogP contribution in [0, 0.1) is 0 Å². The van der Waals surface area contributed by atoms with Gasteiger partial charge in [-0.2, -0.15) is 0 Å². The number of aliphatic hydroxyl groups is 5. The van der Waals surface area contributed by atoms with E-state index >= 15 is 0 Å². The molecule has 0 aromatic carbocycles. The van der Waals surface area contributed by atoms with Crippen molar-refractivity contribution in [3.63, 3.8) is 0 Å². The number of aliphatic hydroxyl groups excluding tert-OH is 5. The zero-order chi connectivity index (χ0) is 46.8. The highest BCUT2D eigenvalue weighted by atomic mass is 31.2. The number of allylic oxidation sites excluding steroid dienone is 13. The van der Waals surface area contributed by atoms with E-state index in [9.17, 15) is 44.6 Å². The first kappa shape index (κ1) is 57.1. The van der Waals surface area contributed by atoms with Gasteiger partial charge in [0.05, 0.1) is 18.8 Å². The number of rotatable bonds is 36. The van der Waals surface area contributed by atoms with Crippen molar-refractivity contribution < 1.29 is 67.8 Å². The Kier molecular flexibility index (Phi) is 31.4. The van der Waals surface area contributed by atoms with Crippen LogP contribution in [0.5, 0.6) is 0 Å². The standard InChI is InChI=1S/C49H79O14P/c1-3-5-7-9-11-13-15-17-18-19-20-21-23-25-27-29-31-35-42(50)59-37-39(38-60-64(57,58)63-49-47(55)45(53)44(52)46(54)48(49)56)61-43(51)36-32-34-41-40(62-41)33-30-28-26-24-22-16-14-12-10-8-6-4-2/h11-14,17-18,20-22,24-25,27-28,30,39-41,44-49,52-56H,3-10,15-16,19,23,26,29,31-38H2,1-2H3,(H,57,58)/b13-11-,14-12-,18-17-,21-20-,24-22-,27-25-,30-28-/t39-,40?,41?,44?,45-,46+,47-,48-,49?/m1/s1. The first-order chi connectivity index (χ1) is 30.9. The molecule has 2 aliphatic rings. The Hall–Kier alpha value is -3.01. The van der Waals surface area contributed by atoms with Gasteiger partial charge in [-0.25, -0.2) is 4.57 Å². The van der Waals surface area contributed by atoms with E-state index in [0.29, 0.717) is 25.7 Å². The second kappa shape index (κ2) is 35.2. The summed E-state index contributed by atoms with van der Waals surface area (Å²) >= 11 is 0.